The molecule has 0 aliphatic heterocycles. The predicted molar refractivity (Wildman–Crippen MR) is 100 cm³/mol. The Bertz CT molecular complexity index is 948. The van der Waals surface area contributed by atoms with Gasteiger partial charge in [-0.2, -0.15) is 18.2 Å². The summed E-state index contributed by atoms with van der Waals surface area (Å²) >= 11 is 0. The topological polar surface area (TPSA) is 83.0 Å². The van der Waals surface area contributed by atoms with Crippen LogP contribution >= 0.6 is 0 Å². The highest BCUT2D eigenvalue weighted by Gasteiger charge is 2.32. The smallest absolute Gasteiger partial charge is 0.395 e. The zero-order chi connectivity index (χ0) is 20.1. The lowest BCUT2D eigenvalue weighted by atomic mass is 10.1. The number of aliphatic hydroxyl groups excluding tert-OH is 1. The van der Waals surface area contributed by atoms with Crippen LogP contribution in [0, 0.1) is 6.92 Å². The van der Waals surface area contributed by atoms with Crippen molar-refractivity contribution in [1.29, 1.82) is 0 Å². The molecule has 0 bridgehead atoms. The van der Waals surface area contributed by atoms with Gasteiger partial charge < -0.3 is 15.7 Å². The number of aromatic nitrogens is 3. The van der Waals surface area contributed by atoms with E-state index in [9.17, 15) is 13.2 Å². The van der Waals surface area contributed by atoms with Crippen molar-refractivity contribution in [2.24, 2.45) is 0 Å². The fraction of sp³-hybridized carbons (Fsp3) is 0.211. The molecule has 3 N–H and O–H groups in total. The molecule has 0 aliphatic carbocycles. The van der Waals surface area contributed by atoms with Gasteiger partial charge in [0.2, 0.25) is 5.95 Å². The number of pyridine rings is 1. The minimum Gasteiger partial charge on any atom is -0.395 e. The molecule has 6 nitrogen and oxygen atoms in total. The molecule has 0 aliphatic rings. The van der Waals surface area contributed by atoms with Crippen LogP contribution in [0.2, 0.25) is 0 Å². The minimum absolute atomic E-state index is 0.0675. The molecule has 3 rings (SSSR count). The molecule has 9 heteroatoms. The van der Waals surface area contributed by atoms with E-state index in [1.54, 1.807) is 36.5 Å². The van der Waals surface area contributed by atoms with E-state index in [0.29, 0.717) is 17.2 Å². The summed E-state index contributed by atoms with van der Waals surface area (Å²) in [5.41, 5.74) is 0.713. The van der Waals surface area contributed by atoms with Gasteiger partial charge >= 0.3 is 6.18 Å². The molecular weight excluding hydrogens is 371 g/mol. The van der Waals surface area contributed by atoms with Gasteiger partial charge in [0.25, 0.3) is 0 Å². The van der Waals surface area contributed by atoms with Crippen LogP contribution in [0.1, 0.15) is 11.1 Å². The van der Waals surface area contributed by atoms with Crippen LogP contribution in [0.3, 0.4) is 0 Å². The van der Waals surface area contributed by atoms with E-state index in [0.717, 1.165) is 6.07 Å². The van der Waals surface area contributed by atoms with Gasteiger partial charge in [-0.05, 0) is 36.8 Å². The normalized spacial score (nSPS) is 11.3. The highest BCUT2D eigenvalue weighted by molar-refractivity contribution is 5.67. The number of benzene rings is 1. The molecule has 0 spiro atoms. The second-order valence-corrected chi connectivity index (χ2v) is 5.93. The third-order valence-electron chi connectivity index (χ3n) is 3.95. The molecule has 0 atom stereocenters. The zero-order valence-corrected chi connectivity index (χ0v) is 15.0. The van der Waals surface area contributed by atoms with Crippen molar-refractivity contribution in [2.45, 2.75) is 13.1 Å². The molecule has 0 saturated heterocycles. The van der Waals surface area contributed by atoms with Crippen molar-refractivity contribution in [2.75, 3.05) is 23.8 Å². The van der Waals surface area contributed by atoms with Gasteiger partial charge in [0.05, 0.1) is 23.6 Å². The van der Waals surface area contributed by atoms with Crippen molar-refractivity contribution in [1.82, 2.24) is 15.0 Å². The van der Waals surface area contributed by atoms with E-state index < -0.39 is 11.7 Å². The molecule has 2 heterocycles. The van der Waals surface area contributed by atoms with Crippen LogP contribution in [0.15, 0.2) is 48.7 Å². The van der Waals surface area contributed by atoms with Crippen LogP contribution in [-0.4, -0.2) is 33.2 Å². The third kappa shape index (κ3) is 4.55. The quantitative estimate of drug-likeness (QED) is 0.591. The summed E-state index contributed by atoms with van der Waals surface area (Å²) in [5, 5.41) is 14.8. The second kappa shape index (κ2) is 8.22. The van der Waals surface area contributed by atoms with Crippen LogP contribution in [0.25, 0.3) is 11.4 Å². The summed E-state index contributed by atoms with van der Waals surface area (Å²) in [6.45, 7) is 1.51. The SMILES string of the molecule is Cc1c(Nc2cc(-c3ccccn3)nc(NCCO)n2)cccc1C(F)(F)F. The van der Waals surface area contributed by atoms with E-state index in [4.69, 9.17) is 5.11 Å². The van der Waals surface area contributed by atoms with Crippen molar-refractivity contribution in [3.63, 3.8) is 0 Å². The minimum atomic E-state index is -4.44. The maximum atomic E-state index is 13.2. The number of rotatable bonds is 6. The predicted octanol–water partition coefficient (Wildman–Crippen LogP) is 4.01. The molecule has 2 aromatic heterocycles. The Balaban J connectivity index is 2.00. The molecule has 0 radical (unpaired) electrons. The van der Waals surface area contributed by atoms with E-state index in [-0.39, 0.29) is 30.4 Å². The third-order valence-corrected chi connectivity index (χ3v) is 3.95. The van der Waals surface area contributed by atoms with Crippen LogP contribution in [-0.2, 0) is 6.18 Å². The van der Waals surface area contributed by atoms with Gasteiger partial charge in [0, 0.05) is 24.5 Å². The molecule has 146 valence electrons. The lowest BCUT2D eigenvalue weighted by molar-refractivity contribution is -0.138. The van der Waals surface area contributed by atoms with Crippen LogP contribution in [0.4, 0.5) is 30.6 Å². The van der Waals surface area contributed by atoms with E-state index in [2.05, 4.69) is 25.6 Å². The number of aliphatic hydroxyl groups is 1. The van der Waals surface area contributed by atoms with Gasteiger partial charge in [-0.15, -0.1) is 0 Å². The lowest BCUT2D eigenvalue weighted by Gasteiger charge is -2.16. The standard InChI is InChI=1S/C19H18F3N5O/c1-12-13(19(20,21)22)5-4-7-14(12)25-17-11-16(15-6-2-3-8-23-15)26-18(27-17)24-9-10-28/h2-8,11,28H,9-10H2,1H3,(H2,24,25,26,27). The summed E-state index contributed by atoms with van der Waals surface area (Å²) in [6, 6.07) is 10.9. The van der Waals surface area contributed by atoms with Crippen molar-refractivity contribution < 1.29 is 18.3 Å². The number of hydrogen-bond donors (Lipinski definition) is 3. The first-order valence-corrected chi connectivity index (χ1v) is 8.47. The molecular formula is C19H18F3N5O. The Kier molecular flexibility index (Phi) is 5.74. The molecule has 0 unspecified atom stereocenters. The lowest BCUT2D eigenvalue weighted by Crippen LogP contribution is -2.11. The Morgan fingerprint density at radius 1 is 1.04 bits per heavy atom. The second-order valence-electron chi connectivity index (χ2n) is 5.93. The summed E-state index contributed by atoms with van der Waals surface area (Å²) in [5.74, 6) is 0.530. The van der Waals surface area contributed by atoms with E-state index in [1.807, 2.05) is 0 Å². The molecule has 28 heavy (non-hydrogen) atoms. The largest absolute Gasteiger partial charge is 0.416 e. The summed E-state index contributed by atoms with van der Waals surface area (Å²) in [4.78, 5) is 12.9. The molecule has 0 fully saturated rings. The van der Waals surface area contributed by atoms with Crippen molar-refractivity contribution in [3.8, 4) is 11.4 Å². The number of nitrogens with one attached hydrogen (secondary N) is 2. The fourth-order valence-electron chi connectivity index (χ4n) is 2.62. The Labute approximate surface area is 159 Å². The van der Waals surface area contributed by atoms with Crippen molar-refractivity contribution in [3.05, 3.63) is 59.8 Å². The molecule has 1 aromatic carbocycles. The van der Waals surface area contributed by atoms with E-state index in [1.165, 1.54) is 13.0 Å². The average Bonchev–Trinajstić information content (AvgIpc) is 2.67. The first-order chi connectivity index (χ1) is 13.4. The van der Waals surface area contributed by atoms with Gasteiger partial charge in [-0.1, -0.05) is 12.1 Å². The summed E-state index contributed by atoms with van der Waals surface area (Å²) in [6.07, 6.45) is -2.83. The maximum Gasteiger partial charge on any atom is 0.416 e. The Morgan fingerprint density at radius 2 is 1.86 bits per heavy atom. The van der Waals surface area contributed by atoms with Crippen LogP contribution < -0.4 is 10.6 Å². The van der Waals surface area contributed by atoms with Gasteiger partial charge in [-0.25, -0.2) is 4.98 Å². The molecule has 3 aromatic rings. The highest BCUT2D eigenvalue weighted by Crippen LogP contribution is 2.35. The molecule has 0 amide bonds. The summed E-state index contributed by atoms with van der Waals surface area (Å²) in [7, 11) is 0. The first-order valence-electron chi connectivity index (χ1n) is 8.47. The van der Waals surface area contributed by atoms with Gasteiger partial charge in [0.1, 0.15) is 5.82 Å². The van der Waals surface area contributed by atoms with Crippen molar-refractivity contribution >= 4 is 17.5 Å². The Morgan fingerprint density at radius 3 is 2.54 bits per heavy atom. The zero-order valence-electron chi connectivity index (χ0n) is 15.0. The number of alkyl halides is 3. The highest BCUT2D eigenvalue weighted by atomic mass is 19.4. The number of anilines is 3. The van der Waals surface area contributed by atoms with Gasteiger partial charge in [0.15, 0.2) is 0 Å². The molecule has 0 saturated carbocycles. The monoisotopic (exact) mass is 389 g/mol. The maximum absolute atomic E-state index is 13.2. The summed E-state index contributed by atoms with van der Waals surface area (Å²) < 4.78 is 39.5. The average molecular weight is 389 g/mol. The fourth-order valence-corrected chi connectivity index (χ4v) is 2.62. The van der Waals surface area contributed by atoms with Crippen LogP contribution in [0.5, 0.6) is 0 Å². The number of hydrogen-bond acceptors (Lipinski definition) is 6. The van der Waals surface area contributed by atoms with Gasteiger partial charge in [-0.3, -0.25) is 4.98 Å². The number of nitrogens with zero attached hydrogens (tertiary/aromatic N) is 3. The van der Waals surface area contributed by atoms with E-state index >= 15 is 0 Å². The number of halogens is 3. The first kappa shape index (κ1) is 19.6. The Hall–Kier alpha value is -3.20.